The van der Waals surface area contributed by atoms with Crippen molar-refractivity contribution in [3.8, 4) is 0 Å². The number of carbonyl (C=O) groups excluding carboxylic acids is 1. The summed E-state index contributed by atoms with van der Waals surface area (Å²) in [5, 5.41) is 2.92. The summed E-state index contributed by atoms with van der Waals surface area (Å²) < 4.78 is 0. The van der Waals surface area contributed by atoms with Gasteiger partial charge in [-0.25, -0.2) is 0 Å². The van der Waals surface area contributed by atoms with E-state index in [1.165, 1.54) is 12.8 Å². The highest BCUT2D eigenvalue weighted by molar-refractivity contribution is 6.18. The van der Waals surface area contributed by atoms with Crippen molar-refractivity contribution in [1.82, 2.24) is 5.32 Å². The molecule has 1 aliphatic rings. The lowest BCUT2D eigenvalue weighted by Crippen LogP contribution is -2.37. The van der Waals surface area contributed by atoms with Gasteiger partial charge in [0.25, 0.3) is 0 Å². The Labute approximate surface area is 90.7 Å². The maximum absolute atomic E-state index is 11.8. The Kier molecular flexibility index (Phi) is 4.46. The summed E-state index contributed by atoms with van der Waals surface area (Å²) in [4.78, 5) is 11.8. The van der Waals surface area contributed by atoms with Crippen LogP contribution in [0.3, 0.4) is 0 Å². The van der Waals surface area contributed by atoms with E-state index in [2.05, 4.69) is 12.2 Å². The van der Waals surface area contributed by atoms with Gasteiger partial charge in [-0.1, -0.05) is 31.9 Å². The third kappa shape index (κ3) is 3.02. The van der Waals surface area contributed by atoms with Crippen LogP contribution in [0.1, 0.15) is 32.6 Å². The Hall–Kier alpha value is -0.500. The molecule has 0 atom stereocenters. The lowest BCUT2D eigenvalue weighted by atomic mass is 9.88. The van der Waals surface area contributed by atoms with Gasteiger partial charge in [-0.15, -0.1) is 11.6 Å². The number of allylic oxidation sites excluding steroid dienone is 1. The predicted octanol–water partition coefficient (Wildman–Crippen LogP) is 2.48. The van der Waals surface area contributed by atoms with Gasteiger partial charge in [-0.05, 0) is 12.8 Å². The zero-order chi connectivity index (χ0) is 10.4. The van der Waals surface area contributed by atoms with E-state index < -0.39 is 0 Å². The molecule has 0 heterocycles. The van der Waals surface area contributed by atoms with Gasteiger partial charge in [0.05, 0.1) is 0 Å². The number of carbonyl (C=O) groups is 1. The predicted molar refractivity (Wildman–Crippen MR) is 59.4 cm³/mol. The molecule has 0 aromatic heterocycles. The van der Waals surface area contributed by atoms with Gasteiger partial charge < -0.3 is 5.32 Å². The minimum Gasteiger partial charge on any atom is -0.352 e. The lowest BCUT2D eigenvalue weighted by molar-refractivity contribution is -0.129. The Bertz CT molecular complexity index is 219. The fourth-order valence-electron chi connectivity index (χ4n) is 1.89. The minimum atomic E-state index is -0.116. The molecule has 1 saturated carbocycles. The highest BCUT2D eigenvalue weighted by Crippen LogP contribution is 2.37. The number of amides is 1. The average Bonchev–Trinajstić information content (AvgIpc) is 2.61. The molecule has 80 valence electrons. The quantitative estimate of drug-likeness (QED) is 0.567. The van der Waals surface area contributed by atoms with Crippen molar-refractivity contribution < 1.29 is 4.79 Å². The molecule has 2 nitrogen and oxygen atoms in total. The highest BCUT2D eigenvalue weighted by Gasteiger charge is 2.35. The first-order valence-corrected chi connectivity index (χ1v) is 5.72. The largest absolute Gasteiger partial charge is 0.352 e. The molecule has 1 N–H and O–H groups in total. The number of alkyl halides is 1. The molecule has 0 aliphatic heterocycles. The number of halogens is 1. The molecule has 1 rings (SSSR count). The number of hydrogen-bond donors (Lipinski definition) is 1. The molecule has 0 aromatic rings. The van der Waals surface area contributed by atoms with E-state index in [1.807, 2.05) is 12.2 Å². The van der Waals surface area contributed by atoms with Crippen molar-refractivity contribution in [3.63, 3.8) is 0 Å². The van der Waals surface area contributed by atoms with Gasteiger partial charge in [-0.2, -0.15) is 0 Å². The summed E-state index contributed by atoms with van der Waals surface area (Å²) in [5.74, 6) is 0.696. The van der Waals surface area contributed by atoms with Crippen molar-refractivity contribution in [2.45, 2.75) is 32.6 Å². The van der Waals surface area contributed by atoms with Crippen LogP contribution in [-0.4, -0.2) is 18.3 Å². The molecule has 0 unspecified atom stereocenters. The molecule has 1 aliphatic carbocycles. The van der Waals surface area contributed by atoms with Crippen molar-refractivity contribution in [3.05, 3.63) is 12.2 Å². The Balaban J connectivity index is 2.30. The van der Waals surface area contributed by atoms with Crippen LogP contribution in [0.25, 0.3) is 0 Å². The van der Waals surface area contributed by atoms with Gasteiger partial charge in [0.1, 0.15) is 0 Å². The molecule has 1 amide bonds. The Morgan fingerprint density at radius 3 is 2.64 bits per heavy atom. The van der Waals surface area contributed by atoms with Gasteiger partial charge in [0.2, 0.25) is 5.91 Å². The van der Waals surface area contributed by atoms with Gasteiger partial charge in [-0.3, -0.25) is 4.79 Å². The SMILES string of the molecule is CC1(C(=O)NC/C=C/CCl)CCCC1. The van der Waals surface area contributed by atoms with Crippen LogP contribution in [0, 0.1) is 5.41 Å². The zero-order valence-corrected chi connectivity index (χ0v) is 9.44. The number of nitrogens with one attached hydrogen (secondary N) is 1. The maximum Gasteiger partial charge on any atom is 0.226 e. The van der Waals surface area contributed by atoms with Crippen LogP contribution in [0.5, 0.6) is 0 Å². The molecule has 0 aromatic carbocycles. The van der Waals surface area contributed by atoms with Crippen molar-refractivity contribution in [1.29, 1.82) is 0 Å². The highest BCUT2D eigenvalue weighted by atomic mass is 35.5. The summed E-state index contributed by atoms with van der Waals surface area (Å²) >= 11 is 5.47. The van der Waals surface area contributed by atoms with Crippen LogP contribution >= 0.6 is 11.6 Å². The second-order valence-corrected chi connectivity index (χ2v) is 4.41. The monoisotopic (exact) mass is 215 g/mol. The summed E-state index contributed by atoms with van der Waals surface area (Å²) in [6.07, 6.45) is 8.15. The average molecular weight is 216 g/mol. The van der Waals surface area contributed by atoms with E-state index in [1.54, 1.807) is 0 Å². The molecule has 0 spiro atoms. The lowest BCUT2D eigenvalue weighted by Gasteiger charge is -2.21. The van der Waals surface area contributed by atoms with E-state index in [-0.39, 0.29) is 11.3 Å². The van der Waals surface area contributed by atoms with Crippen LogP contribution in [-0.2, 0) is 4.79 Å². The fraction of sp³-hybridized carbons (Fsp3) is 0.727. The molecule has 0 radical (unpaired) electrons. The first kappa shape index (κ1) is 11.6. The van der Waals surface area contributed by atoms with Gasteiger partial charge in [0.15, 0.2) is 0 Å². The van der Waals surface area contributed by atoms with E-state index in [0.717, 1.165) is 12.8 Å². The zero-order valence-electron chi connectivity index (χ0n) is 8.68. The van der Waals surface area contributed by atoms with Gasteiger partial charge in [0, 0.05) is 17.8 Å². The normalized spacial score (nSPS) is 20.1. The minimum absolute atomic E-state index is 0.116. The third-order valence-electron chi connectivity index (χ3n) is 2.89. The van der Waals surface area contributed by atoms with E-state index in [9.17, 15) is 4.79 Å². The third-order valence-corrected chi connectivity index (χ3v) is 3.07. The smallest absolute Gasteiger partial charge is 0.226 e. The van der Waals surface area contributed by atoms with Crippen molar-refractivity contribution in [2.24, 2.45) is 5.41 Å². The molecular formula is C11H18ClNO. The van der Waals surface area contributed by atoms with E-state index in [0.29, 0.717) is 12.4 Å². The summed E-state index contributed by atoms with van der Waals surface area (Å²) in [7, 11) is 0. The van der Waals surface area contributed by atoms with Crippen LogP contribution < -0.4 is 5.32 Å². The van der Waals surface area contributed by atoms with E-state index in [4.69, 9.17) is 11.6 Å². The molecule has 3 heteroatoms. The van der Waals surface area contributed by atoms with Crippen LogP contribution in [0.4, 0.5) is 0 Å². The molecule has 14 heavy (non-hydrogen) atoms. The second-order valence-electron chi connectivity index (χ2n) is 4.10. The fourth-order valence-corrected chi connectivity index (χ4v) is 2.02. The number of hydrogen-bond acceptors (Lipinski definition) is 1. The molecule has 0 saturated heterocycles. The van der Waals surface area contributed by atoms with Gasteiger partial charge >= 0.3 is 0 Å². The maximum atomic E-state index is 11.8. The first-order valence-electron chi connectivity index (χ1n) is 5.18. The van der Waals surface area contributed by atoms with Crippen LogP contribution in [0.2, 0.25) is 0 Å². The van der Waals surface area contributed by atoms with Crippen molar-refractivity contribution >= 4 is 17.5 Å². The second kappa shape index (κ2) is 5.40. The molecule has 1 fully saturated rings. The summed E-state index contributed by atoms with van der Waals surface area (Å²) in [5.41, 5.74) is -0.116. The molecule has 0 bridgehead atoms. The Morgan fingerprint density at radius 2 is 2.07 bits per heavy atom. The standard InChI is InChI=1S/C11H18ClNO/c1-11(6-2-3-7-11)10(14)13-9-5-4-8-12/h4-5H,2-3,6-9H2,1H3,(H,13,14)/b5-4+. The summed E-state index contributed by atoms with van der Waals surface area (Å²) in [6, 6.07) is 0. The van der Waals surface area contributed by atoms with Crippen LogP contribution in [0.15, 0.2) is 12.2 Å². The molecular weight excluding hydrogens is 198 g/mol. The van der Waals surface area contributed by atoms with E-state index >= 15 is 0 Å². The topological polar surface area (TPSA) is 29.1 Å². The van der Waals surface area contributed by atoms with Crippen molar-refractivity contribution in [2.75, 3.05) is 12.4 Å². The Morgan fingerprint density at radius 1 is 1.43 bits per heavy atom. The first-order chi connectivity index (χ1) is 6.69. The number of rotatable bonds is 4. The summed E-state index contributed by atoms with van der Waals surface area (Å²) in [6.45, 7) is 2.65.